The molecule has 1 fully saturated rings. The maximum atomic E-state index is 12.7. The zero-order valence-corrected chi connectivity index (χ0v) is 16.4. The number of primary amides is 1. The molecule has 0 bridgehead atoms. The average Bonchev–Trinajstić information content (AvgIpc) is 2.69. The monoisotopic (exact) mass is 400 g/mol. The Balaban J connectivity index is 1.72. The molecular formula is C21H25ClN4O2. The summed E-state index contributed by atoms with van der Waals surface area (Å²) in [5, 5.41) is 6.21. The Morgan fingerprint density at radius 2 is 1.71 bits per heavy atom. The fourth-order valence-electron chi connectivity index (χ4n) is 3.50. The highest BCUT2D eigenvalue weighted by Gasteiger charge is 2.20. The quantitative estimate of drug-likeness (QED) is 0.683. The van der Waals surface area contributed by atoms with Gasteiger partial charge in [-0.1, -0.05) is 35.9 Å². The highest BCUT2D eigenvalue weighted by molar-refractivity contribution is 6.30. The Labute approximate surface area is 170 Å². The van der Waals surface area contributed by atoms with Gasteiger partial charge in [0.2, 0.25) is 5.91 Å². The second-order valence-corrected chi connectivity index (χ2v) is 7.37. The van der Waals surface area contributed by atoms with E-state index >= 15 is 0 Å². The van der Waals surface area contributed by atoms with Gasteiger partial charge in [0.25, 0.3) is 0 Å². The Bertz CT molecular complexity index is 819. The number of hydrogen-bond acceptors (Lipinski definition) is 3. The van der Waals surface area contributed by atoms with Crippen LogP contribution >= 0.6 is 11.6 Å². The molecule has 0 saturated carbocycles. The predicted octanol–water partition coefficient (Wildman–Crippen LogP) is 4.07. The number of rotatable bonds is 6. The first kappa shape index (κ1) is 20.0. The first-order valence-corrected chi connectivity index (χ1v) is 9.86. The van der Waals surface area contributed by atoms with E-state index in [1.807, 2.05) is 24.3 Å². The molecule has 4 N–H and O–H groups in total. The molecule has 2 aromatic rings. The molecule has 1 heterocycles. The third-order valence-electron chi connectivity index (χ3n) is 4.85. The standard InChI is InChI=1S/C21H25ClN4O2/c22-16-10-8-15(9-11-16)18(25-21(23)28)14-20(27)24-17-6-2-3-7-19(17)26-12-4-1-5-13-26/h2-3,6-11,18H,1,4-5,12-14H2,(H,24,27)(H3,23,25,28). The lowest BCUT2D eigenvalue weighted by Gasteiger charge is -2.30. The van der Waals surface area contributed by atoms with Crippen LogP contribution in [0.25, 0.3) is 0 Å². The van der Waals surface area contributed by atoms with Crippen molar-refractivity contribution in [3.8, 4) is 0 Å². The van der Waals surface area contributed by atoms with Crippen LogP contribution in [0.5, 0.6) is 0 Å². The third kappa shape index (κ3) is 5.39. The molecule has 0 aliphatic carbocycles. The lowest BCUT2D eigenvalue weighted by Crippen LogP contribution is -2.35. The average molecular weight is 401 g/mol. The van der Waals surface area contributed by atoms with E-state index in [4.69, 9.17) is 17.3 Å². The Hall–Kier alpha value is -2.73. The largest absolute Gasteiger partial charge is 0.370 e. The summed E-state index contributed by atoms with van der Waals surface area (Å²) in [7, 11) is 0. The van der Waals surface area contributed by atoms with Crippen molar-refractivity contribution in [1.29, 1.82) is 0 Å². The summed E-state index contributed by atoms with van der Waals surface area (Å²) >= 11 is 5.93. The highest BCUT2D eigenvalue weighted by Crippen LogP contribution is 2.29. The fourth-order valence-corrected chi connectivity index (χ4v) is 3.62. The SMILES string of the molecule is NC(=O)NC(CC(=O)Nc1ccccc1N1CCCCC1)c1ccc(Cl)cc1. The maximum absolute atomic E-state index is 12.7. The molecular weight excluding hydrogens is 376 g/mol. The molecule has 1 unspecified atom stereocenters. The van der Waals surface area contributed by atoms with Gasteiger partial charge in [-0.25, -0.2) is 4.79 Å². The molecule has 1 aliphatic rings. The minimum absolute atomic E-state index is 0.0684. The maximum Gasteiger partial charge on any atom is 0.312 e. The van der Waals surface area contributed by atoms with Crippen LogP contribution in [0, 0.1) is 0 Å². The van der Waals surface area contributed by atoms with Crippen molar-refractivity contribution >= 4 is 34.9 Å². The summed E-state index contributed by atoms with van der Waals surface area (Å²) in [5.41, 5.74) is 7.87. The van der Waals surface area contributed by atoms with E-state index in [0.29, 0.717) is 5.02 Å². The van der Waals surface area contributed by atoms with E-state index in [2.05, 4.69) is 15.5 Å². The van der Waals surface area contributed by atoms with Crippen LogP contribution in [0.1, 0.15) is 37.3 Å². The van der Waals surface area contributed by atoms with Gasteiger partial charge in [0.05, 0.1) is 23.8 Å². The molecule has 0 spiro atoms. The van der Waals surface area contributed by atoms with Gasteiger partial charge in [-0.15, -0.1) is 0 Å². The van der Waals surface area contributed by atoms with E-state index in [1.54, 1.807) is 24.3 Å². The van der Waals surface area contributed by atoms with Crippen molar-refractivity contribution in [3.63, 3.8) is 0 Å². The summed E-state index contributed by atoms with van der Waals surface area (Å²) < 4.78 is 0. The lowest BCUT2D eigenvalue weighted by molar-refractivity contribution is -0.116. The Morgan fingerprint density at radius 3 is 2.39 bits per heavy atom. The second kappa shape index (κ2) is 9.46. The van der Waals surface area contributed by atoms with Crippen LogP contribution < -0.4 is 21.3 Å². The number of amides is 3. The number of hydrogen-bond donors (Lipinski definition) is 3. The number of nitrogens with two attached hydrogens (primary N) is 1. The molecule has 28 heavy (non-hydrogen) atoms. The fraction of sp³-hybridized carbons (Fsp3) is 0.333. The molecule has 3 rings (SSSR count). The molecule has 2 aromatic carbocycles. The first-order chi connectivity index (χ1) is 13.5. The van der Waals surface area contributed by atoms with E-state index < -0.39 is 12.1 Å². The van der Waals surface area contributed by atoms with Crippen LogP contribution in [0.3, 0.4) is 0 Å². The molecule has 6 nitrogen and oxygen atoms in total. The number of halogens is 1. The van der Waals surface area contributed by atoms with Gasteiger partial charge >= 0.3 is 6.03 Å². The number of para-hydroxylation sites is 2. The summed E-state index contributed by atoms with van der Waals surface area (Å²) in [6.07, 6.45) is 3.62. The zero-order chi connectivity index (χ0) is 19.9. The number of carbonyl (C=O) groups is 2. The Morgan fingerprint density at radius 1 is 1.04 bits per heavy atom. The third-order valence-corrected chi connectivity index (χ3v) is 5.11. The topological polar surface area (TPSA) is 87.5 Å². The van der Waals surface area contributed by atoms with Crippen LogP contribution in [-0.4, -0.2) is 25.0 Å². The molecule has 7 heteroatoms. The number of piperidine rings is 1. The molecule has 3 amide bonds. The first-order valence-electron chi connectivity index (χ1n) is 9.48. The van der Waals surface area contributed by atoms with Gasteiger partial charge < -0.3 is 21.3 Å². The van der Waals surface area contributed by atoms with E-state index in [9.17, 15) is 9.59 Å². The van der Waals surface area contributed by atoms with Crippen molar-refractivity contribution in [2.24, 2.45) is 5.73 Å². The lowest BCUT2D eigenvalue weighted by atomic mass is 10.0. The normalized spacial score (nSPS) is 15.0. The smallest absolute Gasteiger partial charge is 0.312 e. The predicted molar refractivity (Wildman–Crippen MR) is 113 cm³/mol. The van der Waals surface area contributed by atoms with Gasteiger partial charge in [-0.05, 0) is 49.1 Å². The molecule has 148 valence electrons. The molecule has 1 saturated heterocycles. The van der Waals surface area contributed by atoms with E-state index in [0.717, 1.165) is 42.9 Å². The van der Waals surface area contributed by atoms with Crippen LogP contribution in [0.15, 0.2) is 48.5 Å². The van der Waals surface area contributed by atoms with Gasteiger partial charge in [-0.2, -0.15) is 0 Å². The number of urea groups is 1. The molecule has 0 aromatic heterocycles. The molecule has 1 atom stereocenters. The van der Waals surface area contributed by atoms with Gasteiger partial charge in [0, 0.05) is 18.1 Å². The number of nitrogens with zero attached hydrogens (tertiary/aromatic N) is 1. The minimum Gasteiger partial charge on any atom is -0.370 e. The molecule has 1 aliphatic heterocycles. The molecule has 0 radical (unpaired) electrons. The van der Waals surface area contributed by atoms with Crippen LogP contribution in [0.4, 0.5) is 16.2 Å². The van der Waals surface area contributed by atoms with E-state index in [1.165, 1.54) is 6.42 Å². The number of nitrogens with one attached hydrogen (secondary N) is 2. The van der Waals surface area contributed by atoms with Crippen molar-refractivity contribution in [1.82, 2.24) is 5.32 Å². The van der Waals surface area contributed by atoms with Gasteiger partial charge in [-0.3, -0.25) is 4.79 Å². The van der Waals surface area contributed by atoms with Gasteiger partial charge in [0.15, 0.2) is 0 Å². The van der Waals surface area contributed by atoms with Crippen LogP contribution in [-0.2, 0) is 4.79 Å². The van der Waals surface area contributed by atoms with Crippen LogP contribution in [0.2, 0.25) is 5.02 Å². The van der Waals surface area contributed by atoms with Crippen molar-refractivity contribution in [2.75, 3.05) is 23.3 Å². The summed E-state index contributed by atoms with van der Waals surface area (Å²) in [6, 6.07) is 13.6. The van der Waals surface area contributed by atoms with Crippen molar-refractivity contribution in [3.05, 3.63) is 59.1 Å². The second-order valence-electron chi connectivity index (χ2n) is 6.93. The summed E-state index contributed by atoms with van der Waals surface area (Å²) in [4.78, 5) is 26.4. The zero-order valence-electron chi connectivity index (χ0n) is 15.7. The van der Waals surface area contributed by atoms with Crippen molar-refractivity contribution in [2.45, 2.75) is 31.7 Å². The highest BCUT2D eigenvalue weighted by atomic mass is 35.5. The van der Waals surface area contributed by atoms with E-state index in [-0.39, 0.29) is 12.3 Å². The van der Waals surface area contributed by atoms with Gasteiger partial charge in [0.1, 0.15) is 0 Å². The number of benzene rings is 2. The number of anilines is 2. The summed E-state index contributed by atoms with van der Waals surface area (Å²) in [5.74, 6) is -0.196. The minimum atomic E-state index is -0.679. The number of carbonyl (C=O) groups excluding carboxylic acids is 2. The summed E-state index contributed by atoms with van der Waals surface area (Å²) in [6.45, 7) is 1.98. The Kier molecular flexibility index (Phi) is 6.76. The van der Waals surface area contributed by atoms with Crippen molar-refractivity contribution < 1.29 is 9.59 Å².